The average Bonchev–Trinajstić information content (AvgIpc) is 2.67. The number of pyridine rings is 2. The molecule has 0 unspecified atom stereocenters. The SMILES string of the molecule is O=C(Nc1cc(CO)ccn1)c1ncc(Br)cc1OCc1ccccc1. The molecule has 2 heterocycles. The van der Waals surface area contributed by atoms with Gasteiger partial charge < -0.3 is 15.2 Å². The number of amides is 1. The first kappa shape index (κ1) is 18.0. The number of aliphatic hydroxyl groups is 1. The quantitative estimate of drug-likeness (QED) is 0.645. The van der Waals surface area contributed by atoms with Crippen molar-refractivity contribution in [2.24, 2.45) is 0 Å². The van der Waals surface area contributed by atoms with Crippen molar-refractivity contribution >= 4 is 27.7 Å². The van der Waals surface area contributed by atoms with E-state index in [1.807, 2.05) is 30.3 Å². The van der Waals surface area contributed by atoms with Crippen LogP contribution >= 0.6 is 15.9 Å². The average molecular weight is 414 g/mol. The van der Waals surface area contributed by atoms with Crippen LogP contribution in [0.1, 0.15) is 21.6 Å². The Balaban J connectivity index is 1.78. The first-order chi connectivity index (χ1) is 12.7. The van der Waals surface area contributed by atoms with E-state index in [-0.39, 0.29) is 12.3 Å². The minimum atomic E-state index is -0.442. The summed E-state index contributed by atoms with van der Waals surface area (Å²) in [6.45, 7) is 0.185. The molecule has 0 bridgehead atoms. The monoisotopic (exact) mass is 413 g/mol. The molecule has 0 atom stereocenters. The van der Waals surface area contributed by atoms with E-state index in [1.54, 1.807) is 18.2 Å². The van der Waals surface area contributed by atoms with E-state index >= 15 is 0 Å². The lowest BCUT2D eigenvalue weighted by Gasteiger charge is -2.11. The lowest BCUT2D eigenvalue weighted by molar-refractivity contribution is 0.101. The Bertz CT molecular complexity index is 904. The van der Waals surface area contributed by atoms with E-state index in [0.717, 1.165) is 5.56 Å². The fraction of sp³-hybridized carbons (Fsp3) is 0.105. The van der Waals surface area contributed by atoms with E-state index in [4.69, 9.17) is 4.74 Å². The van der Waals surface area contributed by atoms with E-state index in [1.165, 1.54) is 12.4 Å². The van der Waals surface area contributed by atoms with Gasteiger partial charge in [0.1, 0.15) is 12.4 Å². The molecule has 7 heteroatoms. The number of nitrogens with one attached hydrogen (secondary N) is 1. The number of benzene rings is 1. The minimum Gasteiger partial charge on any atom is -0.486 e. The van der Waals surface area contributed by atoms with Gasteiger partial charge >= 0.3 is 0 Å². The molecular formula is C19H16BrN3O3. The third kappa shape index (κ3) is 4.65. The van der Waals surface area contributed by atoms with Crippen LogP contribution in [0.3, 0.4) is 0 Å². The van der Waals surface area contributed by atoms with Gasteiger partial charge in [-0.05, 0) is 45.3 Å². The van der Waals surface area contributed by atoms with Gasteiger partial charge in [-0.25, -0.2) is 9.97 Å². The summed E-state index contributed by atoms with van der Waals surface area (Å²) in [4.78, 5) is 20.8. The summed E-state index contributed by atoms with van der Waals surface area (Å²) in [6, 6.07) is 14.6. The Morgan fingerprint density at radius 3 is 2.69 bits per heavy atom. The van der Waals surface area contributed by atoms with Crippen molar-refractivity contribution in [1.29, 1.82) is 0 Å². The molecule has 26 heavy (non-hydrogen) atoms. The van der Waals surface area contributed by atoms with Crippen molar-refractivity contribution in [3.05, 3.63) is 82.2 Å². The molecule has 0 saturated carbocycles. The number of anilines is 1. The molecule has 2 aromatic heterocycles. The topological polar surface area (TPSA) is 84.3 Å². The van der Waals surface area contributed by atoms with Gasteiger partial charge in [0, 0.05) is 16.9 Å². The summed E-state index contributed by atoms with van der Waals surface area (Å²) < 4.78 is 6.50. The number of rotatable bonds is 6. The van der Waals surface area contributed by atoms with Crippen molar-refractivity contribution in [1.82, 2.24) is 9.97 Å². The Morgan fingerprint density at radius 1 is 1.12 bits per heavy atom. The van der Waals surface area contributed by atoms with Crippen LogP contribution in [0.2, 0.25) is 0 Å². The number of ether oxygens (including phenoxy) is 1. The number of aromatic nitrogens is 2. The highest BCUT2D eigenvalue weighted by Crippen LogP contribution is 2.23. The highest BCUT2D eigenvalue weighted by molar-refractivity contribution is 9.10. The number of aliphatic hydroxyl groups excluding tert-OH is 1. The molecule has 1 amide bonds. The molecule has 0 fully saturated rings. The molecule has 0 spiro atoms. The van der Waals surface area contributed by atoms with Crippen LogP contribution in [0.5, 0.6) is 5.75 Å². The molecule has 132 valence electrons. The van der Waals surface area contributed by atoms with Crippen LogP contribution < -0.4 is 10.1 Å². The summed E-state index contributed by atoms with van der Waals surface area (Å²) in [5.74, 6) is 0.252. The molecule has 0 aliphatic rings. The molecule has 0 aliphatic carbocycles. The van der Waals surface area contributed by atoms with Gasteiger partial charge in [0.25, 0.3) is 5.91 Å². The van der Waals surface area contributed by atoms with Gasteiger partial charge in [-0.2, -0.15) is 0 Å². The van der Waals surface area contributed by atoms with Crippen LogP contribution in [0.4, 0.5) is 5.82 Å². The van der Waals surface area contributed by atoms with Crippen LogP contribution in [0.15, 0.2) is 65.4 Å². The van der Waals surface area contributed by atoms with Gasteiger partial charge in [-0.1, -0.05) is 30.3 Å². The predicted octanol–water partition coefficient (Wildman–Crippen LogP) is 3.56. The minimum absolute atomic E-state index is 0.132. The summed E-state index contributed by atoms with van der Waals surface area (Å²) in [7, 11) is 0. The lowest BCUT2D eigenvalue weighted by Crippen LogP contribution is -2.16. The maximum atomic E-state index is 12.6. The van der Waals surface area contributed by atoms with E-state index in [0.29, 0.717) is 28.2 Å². The van der Waals surface area contributed by atoms with E-state index in [2.05, 4.69) is 31.2 Å². The molecular weight excluding hydrogens is 398 g/mol. The lowest BCUT2D eigenvalue weighted by atomic mass is 10.2. The maximum Gasteiger partial charge on any atom is 0.279 e. The molecule has 0 radical (unpaired) electrons. The Kier molecular flexibility index (Phi) is 5.93. The molecule has 0 aliphatic heterocycles. The first-order valence-corrected chi connectivity index (χ1v) is 8.64. The third-order valence-corrected chi connectivity index (χ3v) is 3.95. The third-order valence-electron chi connectivity index (χ3n) is 3.52. The zero-order valence-corrected chi connectivity index (χ0v) is 15.3. The predicted molar refractivity (Wildman–Crippen MR) is 101 cm³/mol. The fourth-order valence-electron chi connectivity index (χ4n) is 2.25. The molecule has 3 rings (SSSR count). The smallest absolute Gasteiger partial charge is 0.279 e. The van der Waals surface area contributed by atoms with Gasteiger partial charge in [0.05, 0.1) is 6.61 Å². The van der Waals surface area contributed by atoms with Gasteiger partial charge in [-0.15, -0.1) is 0 Å². The standard InChI is InChI=1S/C19H16BrN3O3/c20-15-9-16(26-12-13-4-2-1-3-5-13)18(22-10-15)19(25)23-17-8-14(11-24)6-7-21-17/h1-10,24H,11-12H2,(H,21,23,25). The van der Waals surface area contributed by atoms with Crippen molar-refractivity contribution in [3.63, 3.8) is 0 Å². The van der Waals surface area contributed by atoms with Crippen molar-refractivity contribution in [2.45, 2.75) is 13.2 Å². The van der Waals surface area contributed by atoms with Crippen LogP contribution in [-0.2, 0) is 13.2 Å². The van der Waals surface area contributed by atoms with Crippen molar-refractivity contribution < 1.29 is 14.6 Å². The number of hydrogen-bond acceptors (Lipinski definition) is 5. The van der Waals surface area contributed by atoms with Crippen LogP contribution in [0.25, 0.3) is 0 Å². The van der Waals surface area contributed by atoms with Crippen LogP contribution in [-0.4, -0.2) is 21.0 Å². The molecule has 0 saturated heterocycles. The fourth-order valence-corrected chi connectivity index (χ4v) is 2.56. The zero-order chi connectivity index (χ0) is 18.4. The maximum absolute atomic E-state index is 12.6. The number of carbonyl (C=O) groups is 1. The Hall–Kier alpha value is -2.77. The Morgan fingerprint density at radius 2 is 1.92 bits per heavy atom. The molecule has 6 nitrogen and oxygen atoms in total. The van der Waals surface area contributed by atoms with Gasteiger partial charge in [0.15, 0.2) is 11.4 Å². The molecule has 1 aromatic carbocycles. The normalized spacial score (nSPS) is 10.4. The highest BCUT2D eigenvalue weighted by atomic mass is 79.9. The largest absolute Gasteiger partial charge is 0.486 e. The van der Waals surface area contributed by atoms with Crippen molar-refractivity contribution in [2.75, 3.05) is 5.32 Å². The number of hydrogen-bond donors (Lipinski definition) is 2. The summed E-state index contributed by atoms with van der Waals surface area (Å²) in [5, 5.41) is 11.9. The van der Waals surface area contributed by atoms with Crippen LogP contribution in [0, 0.1) is 0 Å². The van der Waals surface area contributed by atoms with Gasteiger partial charge in [-0.3, -0.25) is 4.79 Å². The first-order valence-electron chi connectivity index (χ1n) is 7.85. The van der Waals surface area contributed by atoms with E-state index < -0.39 is 5.91 Å². The van der Waals surface area contributed by atoms with E-state index in [9.17, 15) is 9.90 Å². The molecule has 3 aromatic rings. The number of nitrogens with zero attached hydrogens (tertiary/aromatic N) is 2. The summed E-state index contributed by atoms with van der Waals surface area (Å²) in [6.07, 6.45) is 3.05. The summed E-state index contributed by atoms with van der Waals surface area (Å²) in [5.41, 5.74) is 1.79. The summed E-state index contributed by atoms with van der Waals surface area (Å²) >= 11 is 3.34. The van der Waals surface area contributed by atoms with Crippen molar-refractivity contribution in [3.8, 4) is 5.75 Å². The Labute approximate surface area is 159 Å². The second kappa shape index (κ2) is 8.55. The van der Waals surface area contributed by atoms with Gasteiger partial charge in [0.2, 0.25) is 0 Å². The highest BCUT2D eigenvalue weighted by Gasteiger charge is 2.16. The second-order valence-corrected chi connectivity index (χ2v) is 6.35. The number of carbonyl (C=O) groups excluding carboxylic acids is 1. The second-order valence-electron chi connectivity index (χ2n) is 5.44. The number of halogens is 1. The zero-order valence-electron chi connectivity index (χ0n) is 13.7. The molecule has 2 N–H and O–H groups in total.